The number of nitrogen functional groups attached to an aromatic ring is 2. The Hall–Kier alpha value is -2.24. The Morgan fingerprint density at radius 2 is 2.11 bits per heavy atom. The average molecular weight is 251 g/mol. The van der Waals surface area contributed by atoms with Gasteiger partial charge in [0.1, 0.15) is 5.54 Å². The van der Waals surface area contributed by atoms with Gasteiger partial charge in [-0.1, -0.05) is 6.07 Å². The van der Waals surface area contributed by atoms with Crippen LogP contribution in [0.2, 0.25) is 0 Å². The van der Waals surface area contributed by atoms with Crippen molar-refractivity contribution in [3.8, 4) is 0 Å². The first kappa shape index (κ1) is 13.8. The molecule has 98 valence electrons. The lowest BCUT2D eigenvalue weighted by atomic mass is 9.92. The van der Waals surface area contributed by atoms with Gasteiger partial charge in [0.15, 0.2) is 0 Å². The van der Waals surface area contributed by atoms with Crippen LogP contribution in [-0.2, 0) is 20.7 Å². The van der Waals surface area contributed by atoms with Gasteiger partial charge in [-0.25, -0.2) is 4.79 Å². The standard InChI is InChI=1S/C12H17N3O3/c1-12(15-7-16,11(17)18-2)6-8-3-4-9(13)10(14)5-8/h3-5,7H,6,13-14H2,1-2H3,(H,15,16)/t12-/m1/s1. The van der Waals surface area contributed by atoms with Crippen molar-refractivity contribution in [2.75, 3.05) is 18.6 Å². The highest BCUT2D eigenvalue weighted by atomic mass is 16.5. The SMILES string of the molecule is COC(=O)[C@@](C)(Cc1ccc(N)c(N)c1)NC=O. The maximum absolute atomic E-state index is 11.7. The number of methoxy groups -OCH3 is 1. The van der Waals surface area contributed by atoms with E-state index in [4.69, 9.17) is 11.5 Å². The molecule has 5 N–H and O–H groups in total. The van der Waals surface area contributed by atoms with Gasteiger partial charge in [0.2, 0.25) is 6.41 Å². The summed E-state index contributed by atoms with van der Waals surface area (Å²) in [7, 11) is 1.27. The summed E-state index contributed by atoms with van der Waals surface area (Å²) in [5, 5.41) is 2.47. The largest absolute Gasteiger partial charge is 0.467 e. The Bertz CT molecular complexity index is 462. The zero-order chi connectivity index (χ0) is 13.8. The molecule has 0 aliphatic rings. The van der Waals surface area contributed by atoms with E-state index in [-0.39, 0.29) is 6.42 Å². The number of hydrogen-bond acceptors (Lipinski definition) is 5. The predicted molar refractivity (Wildman–Crippen MR) is 68.6 cm³/mol. The third-order valence-corrected chi connectivity index (χ3v) is 2.72. The summed E-state index contributed by atoms with van der Waals surface area (Å²) in [6.07, 6.45) is 0.737. The van der Waals surface area contributed by atoms with Crippen LogP contribution in [0.15, 0.2) is 18.2 Å². The maximum Gasteiger partial charge on any atom is 0.331 e. The van der Waals surface area contributed by atoms with Crippen molar-refractivity contribution >= 4 is 23.8 Å². The molecule has 1 amide bonds. The second-order valence-corrected chi connectivity index (χ2v) is 4.23. The van der Waals surface area contributed by atoms with Crippen LogP contribution in [0.5, 0.6) is 0 Å². The minimum absolute atomic E-state index is 0.267. The first-order valence-corrected chi connectivity index (χ1v) is 5.36. The topological polar surface area (TPSA) is 107 Å². The number of nitrogens with one attached hydrogen (secondary N) is 1. The molecule has 1 aromatic carbocycles. The Labute approximate surface area is 105 Å². The molecule has 0 aromatic heterocycles. The molecular weight excluding hydrogens is 234 g/mol. The number of nitrogens with two attached hydrogens (primary N) is 2. The number of hydrogen-bond donors (Lipinski definition) is 3. The fourth-order valence-corrected chi connectivity index (χ4v) is 1.68. The van der Waals surface area contributed by atoms with Crippen LogP contribution in [0, 0.1) is 0 Å². The third-order valence-electron chi connectivity index (χ3n) is 2.72. The first-order chi connectivity index (χ1) is 8.42. The molecular formula is C12H17N3O3. The van der Waals surface area contributed by atoms with Crippen molar-refractivity contribution < 1.29 is 14.3 Å². The molecule has 0 heterocycles. The molecule has 0 spiro atoms. The average Bonchev–Trinajstić information content (AvgIpc) is 2.33. The van der Waals surface area contributed by atoms with E-state index in [0.29, 0.717) is 17.8 Å². The van der Waals surface area contributed by atoms with Gasteiger partial charge in [-0.3, -0.25) is 4.79 Å². The predicted octanol–water partition coefficient (Wildman–Crippen LogP) is 0.0712. The number of carbonyl (C=O) groups excluding carboxylic acids is 2. The van der Waals surface area contributed by atoms with Crippen molar-refractivity contribution in [2.45, 2.75) is 18.9 Å². The van der Waals surface area contributed by atoms with Gasteiger partial charge in [-0.05, 0) is 24.6 Å². The Morgan fingerprint density at radius 3 is 2.61 bits per heavy atom. The van der Waals surface area contributed by atoms with Crippen LogP contribution in [0.25, 0.3) is 0 Å². The number of rotatable bonds is 5. The lowest BCUT2D eigenvalue weighted by Gasteiger charge is -2.26. The maximum atomic E-state index is 11.7. The molecule has 1 aromatic rings. The number of carbonyl (C=O) groups is 2. The molecule has 0 unspecified atom stereocenters. The molecule has 0 radical (unpaired) electrons. The lowest BCUT2D eigenvalue weighted by molar-refractivity contribution is -0.148. The zero-order valence-corrected chi connectivity index (χ0v) is 10.4. The summed E-state index contributed by atoms with van der Waals surface area (Å²) in [6, 6.07) is 5.08. The summed E-state index contributed by atoms with van der Waals surface area (Å²) in [6.45, 7) is 1.58. The fourth-order valence-electron chi connectivity index (χ4n) is 1.68. The number of esters is 1. The van der Waals surface area contributed by atoms with Crippen LogP contribution < -0.4 is 16.8 Å². The van der Waals surface area contributed by atoms with Crippen molar-refractivity contribution in [1.29, 1.82) is 0 Å². The van der Waals surface area contributed by atoms with Crippen molar-refractivity contribution in [1.82, 2.24) is 5.32 Å². The Balaban J connectivity index is 2.99. The molecule has 0 saturated heterocycles. The van der Waals surface area contributed by atoms with Crippen molar-refractivity contribution in [2.24, 2.45) is 0 Å². The van der Waals surface area contributed by atoms with Crippen LogP contribution in [0.3, 0.4) is 0 Å². The molecule has 0 bridgehead atoms. The van der Waals surface area contributed by atoms with Gasteiger partial charge in [0.25, 0.3) is 0 Å². The molecule has 0 aliphatic heterocycles. The highest BCUT2D eigenvalue weighted by Gasteiger charge is 2.34. The van der Waals surface area contributed by atoms with Crippen LogP contribution in [0.1, 0.15) is 12.5 Å². The quantitative estimate of drug-likeness (QED) is 0.390. The molecule has 1 atom stereocenters. The van der Waals surface area contributed by atoms with E-state index in [9.17, 15) is 9.59 Å². The summed E-state index contributed by atoms with van der Waals surface area (Å²) < 4.78 is 4.68. The van der Waals surface area contributed by atoms with Crippen molar-refractivity contribution in [3.63, 3.8) is 0 Å². The molecule has 0 aliphatic carbocycles. The fraction of sp³-hybridized carbons (Fsp3) is 0.333. The lowest BCUT2D eigenvalue weighted by Crippen LogP contribution is -2.51. The molecule has 18 heavy (non-hydrogen) atoms. The molecule has 1 rings (SSSR count). The first-order valence-electron chi connectivity index (χ1n) is 5.36. The number of benzene rings is 1. The Kier molecular flexibility index (Phi) is 4.14. The van der Waals surface area contributed by atoms with Gasteiger partial charge < -0.3 is 21.5 Å². The van der Waals surface area contributed by atoms with E-state index in [0.717, 1.165) is 5.56 Å². The van der Waals surface area contributed by atoms with Gasteiger partial charge in [0, 0.05) is 6.42 Å². The van der Waals surface area contributed by atoms with Gasteiger partial charge in [-0.15, -0.1) is 0 Å². The van der Waals surface area contributed by atoms with E-state index < -0.39 is 11.5 Å². The minimum atomic E-state index is -1.13. The van der Waals surface area contributed by atoms with Crippen molar-refractivity contribution in [3.05, 3.63) is 23.8 Å². The van der Waals surface area contributed by atoms with Gasteiger partial charge >= 0.3 is 5.97 Å². The molecule has 0 saturated carbocycles. The highest BCUT2D eigenvalue weighted by Crippen LogP contribution is 2.20. The van der Waals surface area contributed by atoms with E-state index in [1.165, 1.54) is 7.11 Å². The Morgan fingerprint density at radius 1 is 1.44 bits per heavy atom. The summed E-state index contributed by atoms with van der Waals surface area (Å²) in [4.78, 5) is 22.3. The smallest absolute Gasteiger partial charge is 0.331 e. The number of amides is 1. The minimum Gasteiger partial charge on any atom is -0.467 e. The zero-order valence-electron chi connectivity index (χ0n) is 10.4. The molecule has 6 nitrogen and oxygen atoms in total. The third kappa shape index (κ3) is 2.91. The van der Waals surface area contributed by atoms with Crippen LogP contribution >= 0.6 is 0 Å². The van der Waals surface area contributed by atoms with Gasteiger partial charge in [-0.2, -0.15) is 0 Å². The van der Waals surface area contributed by atoms with E-state index >= 15 is 0 Å². The van der Waals surface area contributed by atoms with Crippen LogP contribution in [0.4, 0.5) is 11.4 Å². The second kappa shape index (κ2) is 5.39. The second-order valence-electron chi connectivity index (χ2n) is 4.23. The normalized spacial score (nSPS) is 13.4. The van der Waals surface area contributed by atoms with Crippen LogP contribution in [-0.4, -0.2) is 25.0 Å². The molecule has 6 heteroatoms. The number of anilines is 2. The van der Waals surface area contributed by atoms with E-state index in [1.807, 2.05) is 0 Å². The summed E-state index contributed by atoms with van der Waals surface area (Å²) in [5.74, 6) is -0.523. The number of ether oxygens (including phenoxy) is 1. The summed E-state index contributed by atoms with van der Waals surface area (Å²) >= 11 is 0. The highest BCUT2D eigenvalue weighted by molar-refractivity contribution is 5.83. The monoisotopic (exact) mass is 251 g/mol. The van der Waals surface area contributed by atoms with E-state index in [1.54, 1.807) is 25.1 Å². The van der Waals surface area contributed by atoms with Gasteiger partial charge in [0.05, 0.1) is 18.5 Å². The summed E-state index contributed by atoms with van der Waals surface area (Å²) in [5.41, 5.74) is 11.9. The molecule has 0 fully saturated rings. The van der Waals surface area contributed by atoms with E-state index in [2.05, 4.69) is 10.1 Å².